The van der Waals surface area contributed by atoms with Crippen LogP contribution in [0, 0.1) is 5.82 Å². The zero-order chi connectivity index (χ0) is 14.0. The van der Waals surface area contributed by atoms with E-state index in [1.165, 1.54) is 6.07 Å². The Morgan fingerprint density at radius 2 is 2.32 bits per heavy atom. The van der Waals surface area contributed by atoms with E-state index in [9.17, 15) is 14.3 Å². The van der Waals surface area contributed by atoms with E-state index in [1.807, 2.05) is 0 Å². The molecule has 1 unspecified atom stereocenters. The second-order valence-electron chi connectivity index (χ2n) is 4.85. The molecule has 1 amide bonds. The predicted octanol–water partition coefficient (Wildman–Crippen LogP) is 1.59. The van der Waals surface area contributed by atoms with E-state index < -0.39 is 11.9 Å². The van der Waals surface area contributed by atoms with Crippen molar-refractivity contribution in [3.8, 4) is 0 Å². The first-order chi connectivity index (χ1) is 9.04. The number of aliphatic hydroxyl groups is 1. The number of nitrogens with zero attached hydrogens (tertiary/aromatic N) is 1. The highest BCUT2D eigenvalue weighted by Crippen LogP contribution is 2.29. The maximum Gasteiger partial charge on any atom is 0.242 e. The van der Waals surface area contributed by atoms with Crippen LogP contribution in [0.25, 0.3) is 0 Å². The predicted molar refractivity (Wildman–Crippen MR) is 71.5 cm³/mol. The number of nitrogens with one attached hydrogen (secondary N) is 1. The highest BCUT2D eigenvalue weighted by Gasteiger charge is 2.31. The Balaban J connectivity index is 2.28. The lowest BCUT2D eigenvalue weighted by Gasteiger charge is -2.26. The second-order valence-corrected chi connectivity index (χ2v) is 4.85. The fourth-order valence-electron chi connectivity index (χ4n) is 2.51. The Kier molecular flexibility index (Phi) is 4.04. The van der Waals surface area contributed by atoms with Gasteiger partial charge < -0.3 is 15.3 Å². The summed E-state index contributed by atoms with van der Waals surface area (Å²) >= 11 is 0. The smallest absolute Gasteiger partial charge is 0.242 e. The van der Waals surface area contributed by atoms with Crippen LogP contribution in [0.1, 0.15) is 31.4 Å². The number of likely N-dealkylation sites (N-methyl/N-ethyl adjacent to an activating group) is 1. The van der Waals surface area contributed by atoms with Crippen molar-refractivity contribution in [1.29, 1.82) is 0 Å². The third kappa shape index (κ3) is 2.71. The van der Waals surface area contributed by atoms with E-state index in [0.717, 1.165) is 12.8 Å². The quantitative estimate of drug-likeness (QED) is 0.873. The molecule has 0 radical (unpaired) electrons. The first kappa shape index (κ1) is 13.8. The van der Waals surface area contributed by atoms with Gasteiger partial charge in [0.1, 0.15) is 11.9 Å². The van der Waals surface area contributed by atoms with Gasteiger partial charge in [0.25, 0.3) is 0 Å². The maximum atomic E-state index is 14.1. The van der Waals surface area contributed by atoms with Crippen molar-refractivity contribution in [1.82, 2.24) is 5.32 Å². The minimum Gasteiger partial charge on any atom is -0.389 e. The monoisotopic (exact) mass is 266 g/mol. The molecule has 2 rings (SSSR count). The summed E-state index contributed by atoms with van der Waals surface area (Å²) < 4.78 is 14.1. The molecule has 0 aromatic heterocycles. The maximum absolute atomic E-state index is 14.1. The zero-order valence-corrected chi connectivity index (χ0v) is 11.2. The van der Waals surface area contributed by atoms with Crippen molar-refractivity contribution in [2.75, 3.05) is 18.5 Å². The zero-order valence-electron chi connectivity index (χ0n) is 11.2. The molecule has 1 aromatic rings. The molecule has 19 heavy (non-hydrogen) atoms. The Morgan fingerprint density at radius 3 is 2.89 bits per heavy atom. The lowest BCUT2D eigenvalue weighted by atomic mass is 10.1. The van der Waals surface area contributed by atoms with Crippen LogP contribution in [0.5, 0.6) is 0 Å². The van der Waals surface area contributed by atoms with Crippen LogP contribution in [0.15, 0.2) is 18.2 Å². The summed E-state index contributed by atoms with van der Waals surface area (Å²) in [6.45, 7) is 2.26. The minimum atomic E-state index is -0.697. The summed E-state index contributed by atoms with van der Waals surface area (Å²) in [7, 11) is 1.59. The molecule has 104 valence electrons. The molecular weight excluding hydrogens is 247 g/mol. The molecule has 0 spiro atoms. The molecule has 1 aliphatic heterocycles. The van der Waals surface area contributed by atoms with Crippen LogP contribution in [-0.4, -0.2) is 30.6 Å². The topological polar surface area (TPSA) is 52.6 Å². The summed E-state index contributed by atoms with van der Waals surface area (Å²) in [5, 5.41) is 12.1. The van der Waals surface area contributed by atoms with Crippen LogP contribution >= 0.6 is 0 Å². The van der Waals surface area contributed by atoms with Gasteiger partial charge in [-0.1, -0.05) is 6.07 Å². The Bertz CT molecular complexity index is 477. The van der Waals surface area contributed by atoms with Crippen molar-refractivity contribution in [3.63, 3.8) is 0 Å². The van der Waals surface area contributed by atoms with Gasteiger partial charge in [0, 0.05) is 13.6 Å². The number of carbonyl (C=O) groups excluding carboxylic acids is 1. The standard InChI is InChI=1S/C14H19FN2O2/c1-9(18)10-5-6-12(11(15)8-10)17-7-3-4-13(17)14(19)16-2/h5-6,8-9,13,18H,3-4,7H2,1-2H3,(H,16,19)/t9-,13?/m1/s1. The lowest BCUT2D eigenvalue weighted by molar-refractivity contribution is -0.121. The summed E-state index contributed by atoms with van der Waals surface area (Å²) in [5.74, 6) is -0.481. The molecular formula is C14H19FN2O2. The molecule has 0 bridgehead atoms. The van der Waals surface area contributed by atoms with E-state index in [0.29, 0.717) is 17.8 Å². The molecule has 4 nitrogen and oxygen atoms in total. The third-order valence-corrected chi connectivity index (χ3v) is 3.57. The fraction of sp³-hybridized carbons (Fsp3) is 0.500. The first-order valence-electron chi connectivity index (χ1n) is 6.50. The first-order valence-corrected chi connectivity index (χ1v) is 6.50. The van der Waals surface area contributed by atoms with Crippen LogP contribution in [0.3, 0.4) is 0 Å². The van der Waals surface area contributed by atoms with Gasteiger partial charge in [-0.3, -0.25) is 4.79 Å². The average molecular weight is 266 g/mol. The number of rotatable bonds is 3. The van der Waals surface area contributed by atoms with Gasteiger partial charge in [0.2, 0.25) is 5.91 Å². The number of hydrogen-bond acceptors (Lipinski definition) is 3. The number of hydrogen-bond donors (Lipinski definition) is 2. The van der Waals surface area contributed by atoms with Gasteiger partial charge in [-0.25, -0.2) is 4.39 Å². The van der Waals surface area contributed by atoms with Crippen molar-refractivity contribution in [2.45, 2.75) is 31.9 Å². The number of aliphatic hydroxyl groups excluding tert-OH is 1. The summed E-state index contributed by atoms with van der Waals surface area (Å²) in [5.41, 5.74) is 0.965. The Labute approximate surface area is 112 Å². The summed E-state index contributed by atoms with van der Waals surface area (Å²) in [4.78, 5) is 13.6. The number of carbonyl (C=O) groups is 1. The highest BCUT2D eigenvalue weighted by molar-refractivity contribution is 5.85. The van der Waals surface area contributed by atoms with E-state index in [2.05, 4.69) is 5.32 Å². The molecule has 1 saturated heterocycles. The minimum absolute atomic E-state index is 0.0866. The summed E-state index contributed by atoms with van der Waals surface area (Å²) in [6, 6.07) is 4.36. The number of benzene rings is 1. The average Bonchev–Trinajstić information content (AvgIpc) is 2.86. The van der Waals surface area contributed by atoms with Gasteiger partial charge in [-0.05, 0) is 37.5 Å². The Morgan fingerprint density at radius 1 is 1.58 bits per heavy atom. The molecule has 2 atom stereocenters. The van der Waals surface area contributed by atoms with Gasteiger partial charge in [-0.15, -0.1) is 0 Å². The second kappa shape index (κ2) is 5.57. The van der Waals surface area contributed by atoms with Crippen molar-refractivity contribution < 1.29 is 14.3 Å². The molecule has 5 heteroatoms. The van der Waals surface area contributed by atoms with Gasteiger partial charge in [-0.2, -0.15) is 0 Å². The van der Waals surface area contributed by atoms with E-state index >= 15 is 0 Å². The SMILES string of the molecule is CNC(=O)C1CCCN1c1ccc([C@@H](C)O)cc1F. The van der Waals surface area contributed by atoms with Crippen LogP contribution < -0.4 is 10.2 Å². The molecule has 0 aliphatic carbocycles. The Hall–Kier alpha value is -1.62. The van der Waals surface area contributed by atoms with Crippen LogP contribution in [-0.2, 0) is 4.79 Å². The van der Waals surface area contributed by atoms with Crippen molar-refractivity contribution >= 4 is 11.6 Å². The summed E-state index contributed by atoms with van der Waals surface area (Å²) in [6.07, 6.45) is 0.907. The van der Waals surface area contributed by atoms with Gasteiger partial charge >= 0.3 is 0 Å². The van der Waals surface area contributed by atoms with Gasteiger partial charge in [0.05, 0.1) is 11.8 Å². The molecule has 0 saturated carbocycles. The lowest BCUT2D eigenvalue weighted by Crippen LogP contribution is -2.42. The van der Waals surface area contributed by atoms with E-state index in [1.54, 1.807) is 31.0 Å². The van der Waals surface area contributed by atoms with Gasteiger partial charge in [0.15, 0.2) is 0 Å². The van der Waals surface area contributed by atoms with E-state index in [4.69, 9.17) is 0 Å². The normalized spacial score (nSPS) is 20.4. The van der Waals surface area contributed by atoms with E-state index in [-0.39, 0.29) is 11.9 Å². The largest absolute Gasteiger partial charge is 0.389 e. The van der Waals surface area contributed by atoms with Crippen molar-refractivity contribution in [2.24, 2.45) is 0 Å². The molecule has 1 heterocycles. The number of halogens is 1. The molecule has 2 N–H and O–H groups in total. The third-order valence-electron chi connectivity index (χ3n) is 3.57. The van der Waals surface area contributed by atoms with Crippen molar-refractivity contribution in [3.05, 3.63) is 29.6 Å². The van der Waals surface area contributed by atoms with Crippen LogP contribution in [0.4, 0.5) is 10.1 Å². The highest BCUT2D eigenvalue weighted by atomic mass is 19.1. The molecule has 1 aliphatic rings. The number of anilines is 1. The molecule has 1 fully saturated rings. The fourth-order valence-corrected chi connectivity index (χ4v) is 2.51. The number of amides is 1. The molecule has 1 aromatic carbocycles. The van der Waals surface area contributed by atoms with Crippen LogP contribution in [0.2, 0.25) is 0 Å².